The summed E-state index contributed by atoms with van der Waals surface area (Å²) in [5.41, 5.74) is 1.66. The Kier molecular flexibility index (Phi) is 5.45. The van der Waals surface area contributed by atoms with Gasteiger partial charge in [0.2, 0.25) is 10.0 Å². The smallest absolute Gasteiger partial charge is 0.240 e. The van der Waals surface area contributed by atoms with Gasteiger partial charge < -0.3 is 4.74 Å². The van der Waals surface area contributed by atoms with Gasteiger partial charge in [-0.3, -0.25) is 0 Å². The lowest BCUT2D eigenvalue weighted by Gasteiger charge is -2.11. The van der Waals surface area contributed by atoms with Crippen molar-refractivity contribution in [3.63, 3.8) is 0 Å². The number of halogens is 1. The minimum absolute atomic E-state index is 0.191. The molecule has 0 aliphatic heterocycles. The molecule has 0 bridgehead atoms. The average molecular weight is 340 g/mol. The van der Waals surface area contributed by atoms with Crippen molar-refractivity contribution in [2.75, 3.05) is 7.11 Å². The monoisotopic (exact) mass is 339 g/mol. The molecule has 0 amide bonds. The maximum absolute atomic E-state index is 12.4. The fraction of sp³-hybridized carbons (Fsp3) is 0.250. The molecule has 0 radical (unpaired) electrons. The van der Waals surface area contributed by atoms with Crippen LogP contribution < -0.4 is 9.46 Å². The molecule has 0 saturated carbocycles. The molecular formula is C16H18ClNO3S. The van der Waals surface area contributed by atoms with Crippen molar-refractivity contribution < 1.29 is 13.2 Å². The Labute approximate surface area is 136 Å². The summed E-state index contributed by atoms with van der Waals surface area (Å²) in [7, 11) is -2.01. The lowest BCUT2D eigenvalue weighted by molar-refractivity contribution is 0.409. The molecule has 2 aromatic rings. The molecule has 1 N–H and O–H groups in total. The molecule has 118 valence electrons. The van der Waals surface area contributed by atoms with Gasteiger partial charge in [-0.05, 0) is 47.9 Å². The average Bonchev–Trinajstić information content (AvgIpc) is 2.52. The summed E-state index contributed by atoms with van der Waals surface area (Å²) in [6.07, 6.45) is 0.695. The van der Waals surface area contributed by atoms with Crippen LogP contribution in [0.25, 0.3) is 0 Å². The van der Waals surface area contributed by atoms with Crippen LogP contribution in [-0.4, -0.2) is 15.5 Å². The first kappa shape index (κ1) is 16.8. The van der Waals surface area contributed by atoms with Crippen molar-refractivity contribution in [1.82, 2.24) is 4.72 Å². The zero-order valence-electron chi connectivity index (χ0n) is 12.5. The molecule has 0 heterocycles. The summed E-state index contributed by atoms with van der Waals surface area (Å²) >= 11 is 5.89. The fourth-order valence-electron chi connectivity index (χ4n) is 2.11. The van der Waals surface area contributed by atoms with Gasteiger partial charge in [-0.1, -0.05) is 30.7 Å². The zero-order chi connectivity index (χ0) is 16.2. The molecule has 0 atom stereocenters. The van der Waals surface area contributed by atoms with E-state index in [1.807, 2.05) is 13.0 Å². The van der Waals surface area contributed by atoms with E-state index < -0.39 is 10.0 Å². The number of aryl methyl sites for hydroxylation is 1. The molecule has 0 aromatic heterocycles. The van der Waals surface area contributed by atoms with Gasteiger partial charge in [0.25, 0.3) is 0 Å². The fourth-order valence-corrected chi connectivity index (χ4v) is 3.39. The van der Waals surface area contributed by atoms with Crippen molar-refractivity contribution in [1.29, 1.82) is 0 Å². The molecule has 0 unspecified atom stereocenters. The maximum Gasteiger partial charge on any atom is 0.240 e. The van der Waals surface area contributed by atoms with E-state index in [4.69, 9.17) is 16.3 Å². The third-order valence-corrected chi connectivity index (χ3v) is 4.93. The van der Waals surface area contributed by atoms with Crippen LogP contribution in [0.1, 0.15) is 18.1 Å². The molecule has 0 spiro atoms. The van der Waals surface area contributed by atoms with Gasteiger partial charge in [-0.25, -0.2) is 13.1 Å². The molecular weight excluding hydrogens is 322 g/mol. The summed E-state index contributed by atoms with van der Waals surface area (Å²) in [5, 5.41) is 0.578. The minimum Gasteiger partial charge on any atom is -0.496 e. The highest BCUT2D eigenvalue weighted by molar-refractivity contribution is 7.89. The predicted molar refractivity (Wildman–Crippen MR) is 87.8 cm³/mol. The summed E-state index contributed by atoms with van der Waals surface area (Å²) in [6.45, 7) is 2.14. The normalized spacial score (nSPS) is 11.4. The Balaban J connectivity index is 2.20. The van der Waals surface area contributed by atoms with E-state index in [-0.39, 0.29) is 11.4 Å². The number of benzene rings is 2. The summed E-state index contributed by atoms with van der Waals surface area (Å²) in [5.74, 6) is 0.691. The van der Waals surface area contributed by atoms with Crippen LogP contribution in [0.4, 0.5) is 0 Å². The van der Waals surface area contributed by atoms with Crippen LogP contribution >= 0.6 is 11.6 Å². The Hall–Kier alpha value is -1.56. The van der Waals surface area contributed by atoms with Gasteiger partial charge in [-0.2, -0.15) is 0 Å². The van der Waals surface area contributed by atoms with E-state index in [1.54, 1.807) is 37.4 Å². The third-order valence-electron chi connectivity index (χ3n) is 3.30. The Morgan fingerprint density at radius 1 is 1.18 bits per heavy atom. The molecule has 0 aliphatic carbocycles. The molecule has 4 nitrogen and oxygen atoms in total. The van der Waals surface area contributed by atoms with Gasteiger partial charge in [0, 0.05) is 11.6 Å². The minimum atomic E-state index is -3.58. The van der Waals surface area contributed by atoms with Gasteiger partial charge >= 0.3 is 0 Å². The lowest BCUT2D eigenvalue weighted by atomic mass is 10.1. The first-order valence-corrected chi connectivity index (χ1v) is 8.73. The molecule has 0 saturated heterocycles. The van der Waals surface area contributed by atoms with Crippen molar-refractivity contribution in [2.45, 2.75) is 24.8 Å². The van der Waals surface area contributed by atoms with Crippen molar-refractivity contribution in [2.24, 2.45) is 0 Å². The highest BCUT2D eigenvalue weighted by Gasteiger charge is 2.15. The van der Waals surface area contributed by atoms with Gasteiger partial charge in [0.1, 0.15) is 5.75 Å². The second-order valence-corrected chi connectivity index (χ2v) is 6.99. The first-order chi connectivity index (χ1) is 10.5. The highest BCUT2D eigenvalue weighted by atomic mass is 35.5. The quantitative estimate of drug-likeness (QED) is 0.877. The van der Waals surface area contributed by atoms with Crippen LogP contribution in [0.5, 0.6) is 5.75 Å². The summed E-state index contributed by atoms with van der Waals surface area (Å²) in [4.78, 5) is 0.229. The van der Waals surface area contributed by atoms with E-state index in [2.05, 4.69) is 4.72 Å². The van der Waals surface area contributed by atoms with Crippen LogP contribution in [-0.2, 0) is 23.0 Å². The van der Waals surface area contributed by atoms with Crippen LogP contribution in [0.3, 0.4) is 0 Å². The molecule has 2 aromatic carbocycles. The van der Waals surface area contributed by atoms with Gasteiger partial charge in [0.05, 0.1) is 12.0 Å². The number of sulfonamides is 1. The van der Waals surface area contributed by atoms with E-state index in [0.717, 1.165) is 11.1 Å². The number of ether oxygens (including phenoxy) is 1. The van der Waals surface area contributed by atoms with Gasteiger partial charge in [0.15, 0.2) is 0 Å². The number of methoxy groups -OCH3 is 1. The molecule has 0 aliphatic rings. The first-order valence-electron chi connectivity index (χ1n) is 6.87. The number of hydrogen-bond donors (Lipinski definition) is 1. The lowest BCUT2D eigenvalue weighted by Crippen LogP contribution is -2.23. The Bertz CT molecular complexity index is 760. The molecule has 2 rings (SSSR count). The molecule has 6 heteroatoms. The molecule has 0 fully saturated rings. The summed E-state index contributed by atoms with van der Waals surface area (Å²) < 4.78 is 32.5. The standard InChI is InChI=1S/C16H18ClNO3S/c1-3-13-10-15(7-8-16(13)21-2)22(19,20)18-11-12-5-4-6-14(17)9-12/h4-10,18H,3,11H2,1-2H3. The second-order valence-electron chi connectivity index (χ2n) is 4.78. The van der Waals surface area contributed by atoms with Gasteiger partial charge in [-0.15, -0.1) is 0 Å². The zero-order valence-corrected chi connectivity index (χ0v) is 14.0. The van der Waals surface area contributed by atoms with Crippen molar-refractivity contribution in [3.05, 3.63) is 58.6 Å². The Morgan fingerprint density at radius 3 is 2.59 bits per heavy atom. The highest BCUT2D eigenvalue weighted by Crippen LogP contribution is 2.23. The van der Waals surface area contributed by atoms with Crippen LogP contribution in [0, 0.1) is 0 Å². The van der Waals surface area contributed by atoms with E-state index in [1.165, 1.54) is 6.07 Å². The topological polar surface area (TPSA) is 55.4 Å². The van der Waals surface area contributed by atoms with Crippen molar-refractivity contribution in [3.8, 4) is 5.75 Å². The maximum atomic E-state index is 12.4. The van der Waals surface area contributed by atoms with Crippen molar-refractivity contribution >= 4 is 21.6 Å². The second kappa shape index (κ2) is 7.13. The van der Waals surface area contributed by atoms with E-state index in [0.29, 0.717) is 17.2 Å². The van der Waals surface area contributed by atoms with E-state index >= 15 is 0 Å². The SMILES string of the molecule is CCc1cc(S(=O)(=O)NCc2cccc(Cl)c2)ccc1OC. The number of nitrogens with one attached hydrogen (secondary N) is 1. The predicted octanol–water partition coefficient (Wildman–Crippen LogP) is 3.39. The summed E-state index contributed by atoms with van der Waals surface area (Å²) in [6, 6.07) is 11.9. The Morgan fingerprint density at radius 2 is 1.95 bits per heavy atom. The molecule has 22 heavy (non-hydrogen) atoms. The largest absolute Gasteiger partial charge is 0.496 e. The third kappa shape index (κ3) is 4.00. The number of hydrogen-bond acceptors (Lipinski definition) is 3. The van der Waals surface area contributed by atoms with E-state index in [9.17, 15) is 8.42 Å². The number of rotatable bonds is 6. The van der Waals surface area contributed by atoms with Crippen LogP contribution in [0.2, 0.25) is 5.02 Å². The van der Waals surface area contributed by atoms with Crippen LogP contribution in [0.15, 0.2) is 47.4 Å².